The van der Waals surface area contributed by atoms with Gasteiger partial charge in [0.25, 0.3) is 5.91 Å². The Morgan fingerprint density at radius 1 is 1.35 bits per heavy atom. The average Bonchev–Trinajstić information content (AvgIpc) is 2.94. The van der Waals surface area contributed by atoms with Crippen LogP contribution in [0.2, 0.25) is 5.02 Å². The fourth-order valence-electron chi connectivity index (χ4n) is 2.22. The number of hydrogen-bond donors (Lipinski definition) is 2. The van der Waals surface area contributed by atoms with E-state index in [9.17, 15) is 9.59 Å². The lowest BCUT2D eigenvalue weighted by molar-refractivity contribution is -0.131. The Hall–Kier alpha value is -1.75. The topological polar surface area (TPSA) is 75.4 Å². The van der Waals surface area contributed by atoms with Gasteiger partial charge in [0.15, 0.2) is 0 Å². The first-order valence-corrected chi connectivity index (χ1v) is 7.01. The fraction of sp³-hybridized carbons (Fsp3) is 0.429. The average molecular weight is 296 g/mol. The summed E-state index contributed by atoms with van der Waals surface area (Å²) in [4.78, 5) is 25.9. The molecule has 20 heavy (non-hydrogen) atoms. The largest absolute Gasteiger partial charge is 0.398 e. The number of anilines is 1. The van der Waals surface area contributed by atoms with Crippen molar-refractivity contribution in [1.82, 2.24) is 10.2 Å². The molecule has 6 heteroatoms. The second-order valence-corrected chi connectivity index (χ2v) is 5.37. The minimum Gasteiger partial charge on any atom is -0.398 e. The van der Waals surface area contributed by atoms with Crippen molar-refractivity contribution in [1.29, 1.82) is 0 Å². The van der Waals surface area contributed by atoms with Crippen molar-refractivity contribution in [2.75, 3.05) is 18.8 Å². The van der Waals surface area contributed by atoms with Crippen LogP contribution in [0.25, 0.3) is 0 Å². The van der Waals surface area contributed by atoms with Crippen LogP contribution in [0.4, 0.5) is 5.69 Å². The number of amides is 2. The first-order chi connectivity index (χ1) is 9.49. The molecule has 0 radical (unpaired) electrons. The molecule has 1 atom stereocenters. The van der Waals surface area contributed by atoms with Crippen LogP contribution in [0.1, 0.15) is 30.1 Å². The molecule has 0 aliphatic carbocycles. The minimum absolute atomic E-state index is 0.0441. The van der Waals surface area contributed by atoms with Gasteiger partial charge in [-0.15, -0.1) is 0 Å². The fourth-order valence-corrected chi connectivity index (χ4v) is 2.40. The predicted octanol–water partition coefficient (Wildman–Crippen LogP) is 1.66. The SMILES string of the molecule is CC(NC(=O)c1ccc(N)c(Cl)c1)C(=O)N1CCCC1. The summed E-state index contributed by atoms with van der Waals surface area (Å²) in [5, 5.41) is 3.02. The maximum Gasteiger partial charge on any atom is 0.251 e. The van der Waals surface area contributed by atoms with Crippen molar-refractivity contribution in [2.45, 2.75) is 25.8 Å². The van der Waals surface area contributed by atoms with Crippen molar-refractivity contribution >= 4 is 29.1 Å². The Kier molecular flexibility index (Phi) is 4.49. The molecule has 5 nitrogen and oxygen atoms in total. The zero-order valence-electron chi connectivity index (χ0n) is 11.4. The number of hydrogen-bond acceptors (Lipinski definition) is 3. The van der Waals surface area contributed by atoms with E-state index in [0.29, 0.717) is 16.3 Å². The molecule has 2 amide bonds. The summed E-state index contributed by atoms with van der Waals surface area (Å²) in [7, 11) is 0. The Morgan fingerprint density at radius 3 is 2.60 bits per heavy atom. The quantitative estimate of drug-likeness (QED) is 0.833. The molecule has 1 aromatic rings. The van der Waals surface area contributed by atoms with Crippen LogP contribution < -0.4 is 11.1 Å². The number of benzene rings is 1. The highest BCUT2D eigenvalue weighted by Gasteiger charge is 2.24. The van der Waals surface area contributed by atoms with Crippen LogP contribution in [0.3, 0.4) is 0 Å². The molecule has 0 spiro atoms. The van der Waals surface area contributed by atoms with E-state index in [1.165, 1.54) is 6.07 Å². The van der Waals surface area contributed by atoms with Gasteiger partial charge in [-0.3, -0.25) is 9.59 Å². The number of rotatable bonds is 3. The van der Waals surface area contributed by atoms with Crippen LogP contribution in [-0.4, -0.2) is 35.8 Å². The Labute approximate surface area is 123 Å². The van der Waals surface area contributed by atoms with Gasteiger partial charge in [0.2, 0.25) is 5.91 Å². The highest BCUT2D eigenvalue weighted by atomic mass is 35.5. The maximum atomic E-state index is 12.1. The molecule has 1 aromatic carbocycles. The van der Waals surface area contributed by atoms with Gasteiger partial charge in [0.1, 0.15) is 6.04 Å². The summed E-state index contributed by atoms with van der Waals surface area (Å²) >= 11 is 5.88. The molecule has 1 aliphatic heterocycles. The monoisotopic (exact) mass is 295 g/mol. The lowest BCUT2D eigenvalue weighted by Crippen LogP contribution is -2.45. The third-order valence-electron chi connectivity index (χ3n) is 3.40. The van der Waals surface area contributed by atoms with Gasteiger partial charge in [0.05, 0.1) is 10.7 Å². The predicted molar refractivity (Wildman–Crippen MR) is 78.6 cm³/mol. The molecule has 0 bridgehead atoms. The standard InChI is InChI=1S/C14H18ClN3O2/c1-9(14(20)18-6-2-3-7-18)17-13(19)10-4-5-12(16)11(15)8-10/h4-5,8-9H,2-3,6-7,16H2,1H3,(H,17,19). The van der Waals surface area contributed by atoms with E-state index in [0.717, 1.165) is 25.9 Å². The molecule has 0 saturated carbocycles. The van der Waals surface area contributed by atoms with Gasteiger partial charge >= 0.3 is 0 Å². The van der Waals surface area contributed by atoms with E-state index < -0.39 is 6.04 Å². The number of likely N-dealkylation sites (tertiary alicyclic amines) is 1. The van der Waals surface area contributed by atoms with Crippen molar-refractivity contribution in [3.63, 3.8) is 0 Å². The van der Waals surface area contributed by atoms with E-state index in [1.54, 1.807) is 24.0 Å². The lowest BCUT2D eigenvalue weighted by atomic mass is 10.1. The van der Waals surface area contributed by atoms with Crippen molar-refractivity contribution in [3.05, 3.63) is 28.8 Å². The van der Waals surface area contributed by atoms with Gasteiger partial charge in [0, 0.05) is 18.7 Å². The number of carbonyl (C=O) groups excluding carboxylic acids is 2. The summed E-state index contributed by atoms with van der Waals surface area (Å²) in [5.74, 6) is -0.371. The third kappa shape index (κ3) is 3.22. The normalized spacial score (nSPS) is 16.0. The summed E-state index contributed by atoms with van der Waals surface area (Å²) in [6.07, 6.45) is 2.06. The van der Waals surface area contributed by atoms with Crippen LogP contribution in [0.5, 0.6) is 0 Å². The van der Waals surface area contributed by atoms with Gasteiger partial charge in [-0.25, -0.2) is 0 Å². The molecule has 1 fully saturated rings. The van der Waals surface area contributed by atoms with Gasteiger partial charge in [-0.2, -0.15) is 0 Å². The molecule has 108 valence electrons. The van der Waals surface area contributed by atoms with Crippen LogP contribution in [0.15, 0.2) is 18.2 Å². The molecule has 0 aromatic heterocycles. The molecule has 3 N–H and O–H groups in total. The van der Waals surface area contributed by atoms with E-state index in [2.05, 4.69) is 5.32 Å². The molecule has 2 rings (SSSR count). The van der Waals surface area contributed by atoms with E-state index in [-0.39, 0.29) is 11.8 Å². The highest BCUT2D eigenvalue weighted by Crippen LogP contribution is 2.19. The second-order valence-electron chi connectivity index (χ2n) is 4.96. The smallest absolute Gasteiger partial charge is 0.251 e. The van der Waals surface area contributed by atoms with Crippen LogP contribution >= 0.6 is 11.6 Å². The number of carbonyl (C=O) groups is 2. The van der Waals surface area contributed by atoms with Crippen LogP contribution in [0, 0.1) is 0 Å². The Morgan fingerprint density at radius 2 is 2.00 bits per heavy atom. The molecule has 1 aliphatic rings. The van der Waals surface area contributed by atoms with Gasteiger partial charge < -0.3 is 16.0 Å². The summed E-state index contributed by atoms with van der Waals surface area (Å²) in [5.41, 5.74) is 6.41. The summed E-state index contributed by atoms with van der Waals surface area (Å²) in [6.45, 7) is 3.23. The first-order valence-electron chi connectivity index (χ1n) is 6.63. The molecule has 1 unspecified atom stereocenters. The van der Waals surface area contributed by atoms with Gasteiger partial charge in [-0.05, 0) is 38.0 Å². The van der Waals surface area contributed by atoms with Crippen molar-refractivity contribution in [3.8, 4) is 0 Å². The van der Waals surface area contributed by atoms with E-state index >= 15 is 0 Å². The maximum absolute atomic E-state index is 12.1. The minimum atomic E-state index is -0.545. The highest BCUT2D eigenvalue weighted by molar-refractivity contribution is 6.33. The number of halogens is 1. The number of nitrogens with zero attached hydrogens (tertiary/aromatic N) is 1. The zero-order valence-corrected chi connectivity index (χ0v) is 12.1. The summed E-state index contributed by atoms with van der Waals surface area (Å²) < 4.78 is 0. The Bertz CT molecular complexity index is 527. The molecular weight excluding hydrogens is 278 g/mol. The number of nitrogens with one attached hydrogen (secondary N) is 1. The number of nitrogen functional groups attached to an aromatic ring is 1. The molecule has 1 saturated heterocycles. The third-order valence-corrected chi connectivity index (χ3v) is 3.73. The summed E-state index contributed by atoms with van der Waals surface area (Å²) in [6, 6.07) is 4.12. The van der Waals surface area contributed by atoms with Crippen LogP contribution in [-0.2, 0) is 4.79 Å². The Balaban J connectivity index is 1.99. The van der Waals surface area contributed by atoms with Crippen molar-refractivity contribution < 1.29 is 9.59 Å². The van der Waals surface area contributed by atoms with Gasteiger partial charge in [-0.1, -0.05) is 11.6 Å². The molecular formula is C14H18ClN3O2. The number of nitrogens with two attached hydrogens (primary N) is 1. The lowest BCUT2D eigenvalue weighted by Gasteiger charge is -2.21. The first kappa shape index (κ1) is 14.7. The van der Waals surface area contributed by atoms with E-state index in [1.807, 2.05) is 0 Å². The van der Waals surface area contributed by atoms with E-state index in [4.69, 9.17) is 17.3 Å². The zero-order chi connectivity index (χ0) is 14.7. The van der Waals surface area contributed by atoms with Crippen molar-refractivity contribution in [2.24, 2.45) is 0 Å². The molecule has 1 heterocycles. The second kappa shape index (κ2) is 6.13.